The number of aromatic nitrogens is 4. The molecule has 0 amide bonds. The van der Waals surface area contributed by atoms with E-state index < -0.39 is 4.92 Å². The highest BCUT2D eigenvalue weighted by Gasteiger charge is 2.22. The van der Waals surface area contributed by atoms with Crippen molar-refractivity contribution in [2.75, 3.05) is 37.4 Å². The van der Waals surface area contributed by atoms with Crippen LogP contribution >= 0.6 is 0 Å². The molecule has 0 saturated carbocycles. The number of aryl methyl sites for hydroxylation is 1. The number of hydrogen-bond acceptors (Lipinski definition) is 8. The maximum absolute atomic E-state index is 11.3. The van der Waals surface area contributed by atoms with Crippen molar-refractivity contribution in [3.63, 3.8) is 0 Å². The Bertz CT molecular complexity index is 618. The van der Waals surface area contributed by atoms with E-state index in [-0.39, 0.29) is 17.3 Å². The maximum atomic E-state index is 11.3. The summed E-state index contributed by atoms with van der Waals surface area (Å²) < 4.78 is 6.85. The van der Waals surface area contributed by atoms with Crippen LogP contribution in [0.2, 0.25) is 0 Å². The summed E-state index contributed by atoms with van der Waals surface area (Å²) in [6, 6.07) is 0. The number of hydrogen-bond donors (Lipinski definition) is 2. The summed E-state index contributed by atoms with van der Waals surface area (Å²) >= 11 is 0. The van der Waals surface area contributed by atoms with Crippen molar-refractivity contribution < 1.29 is 9.66 Å². The molecule has 0 radical (unpaired) electrons. The van der Waals surface area contributed by atoms with Crippen LogP contribution in [0.5, 0.6) is 0 Å². The minimum atomic E-state index is -0.493. The number of nitrogens with zero attached hydrogens (tertiary/aromatic N) is 5. The van der Waals surface area contributed by atoms with Crippen LogP contribution in [0.1, 0.15) is 6.42 Å². The first-order valence-corrected chi connectivity index (χ1v) is 7.14. The van der Waals surface area contributed by atoms with Crippen molar-refractivity contribution in [1.82, 2.24) is 19.5 Å². The van der Waals surface area contributed by atoms with Crippen LogP contribution in [-0.2, 0) is 11.3 Å². The lowest BCUT2D eigenvalue weighted by Crippen LogP contribution is -2.14. The van der Waals surface area contributed by atoms with Gasteiger partial charge < -0.3 is 19.9 Å². The minimum absolute atomic E-state index is 0.161. The smallest absolute Gasteiger partial charge is 0.353 e. The molecule has 2 rings (SSSR count). The van der Waals surface area contributed by atoms with E-state index in [0.717, 1.165) is 13.0 Å². The van der Waals surface area contributed by atoms with Crippen molar-refractivity contribution in [1.29, 1.82) is 0 Å². The summed E-state index contributed by atoms with van der Waals surface area (Å²) in [4.78, 5) is 22.7. The molecule has 0 bridgehead atoms. The number of nitro groups is 1. The Labute approximate surface area is 133 Å². The van der Waals surface area contributed by atoms with Gasteiger partial charge in [-0.05, 0) is 6.42 Å². The fourth-order valence-electron chi connectivity index (χ4n) is 1.97. The molecule has 0 aliphatic rings. The van der Waals surface area contributed by atoms with Crippen LogP contribution in [0.25, 0.3) is 0 Å². The van der Waals surface area contributed by atoms with E-state index in [1.54, 1.807) is 19.6 Å². The van der Waals surface area contributed by atoms with Gasteiger partial charge in [-0.1, -0.05) is 0 Å². The molecular weight excluding hydrogens is 302 g/mol. The van der Waals surface area contributed by atoms with Gasteiger partial charge in [0.15, 0.2) is 0 Å². The predicted molar refractivity (Wildman–Crippen MR) is 84.4 cm³/mol. The quantitative estimate of drug-likeness (QED) is 0.380. The lowest BCUT2D eigenvalue weighted by Gasteiger charge is -2.10. The van der Waals surface area contributed by atoms with Crippen molar-refractivity contribution in [2.45, 2.75) is 13.0 Å². The molecule has 10 nitrogen and oxygen atoms in total. The topological polar surface area (TPSA) is 120 Å². The van der Waals surface area contributed by atoms with E-state index in [1.807, 2.05) is 10.8 Å². The number of methoxy groups -OCH3 is 1. The van der Waals surface area contributed by atoms with Gasteiger partial charge in [-0.25, -0.2) is 15.0 Å². The highest BCUT2D eigenvalue weighted by molar-refractivity contribution is 5.69. The molecule has 0 aromatic carbocycles. The molecule has 124 valence electrons. The van der Waals surface area contributed by atoms with E-state index in [2.05, 4.69) is 25.6 Å². The fourth-order valence-corrected chi connectivity index (χ4v) is 1.97. The fraction of sp³-hybridized carbons (Fsp3) is 0.462. The first kappa shape index (κ1) is 16.6. The number of imidazole rings is 1. The van der Waals surface area contributed by atoms with Crippen LogP contribution in [-0.4, -0.2) is 51.2 Å². The molecule has 0 atom stereocenters. The van der Waals surface area contributed by atoms with Gasteiger partial charge in [0.2, 0.25) is 11.6 Å². The first-order valence-electron chi connectivity index (χ1n) is 7.14. The zero-order chi connectivity index (χ0) is 16.5. The highest BCUT2D eigenvalue weighted by atomic mass is 16.6. The van der Waals surface area contributed by atoms with Crippen molar-refractivity contribution in [3.05, 3.63) is 35.2 Å². The Balaban J connectivity index is 1.96. The summed E-state index contributed by atoms with van der Waals surface area (Å²) in [5.74, 6) is 0.384. The van der Waals surface area contributed by atoms with E-state index in [1.165, 1.54) is 6.33 Å². The van der Waals surface area contributed by atoms with Gasteiger partial charge in [0.05, 0.1) is 17.9 Å². The summed E-state index contributed by atoms with van der Waals surface area (Å²) in [7, 11) is 1.56. The number of ether oxygens (including phenoxy) is 1. The molecule has 0 aliphatic heterocycles. The number of nitrogens with one attached hydrogen (secondary N) is 2. The lowest BCUT2D eigenvalue weighted by molar-refractivity contribution is -0.383. The van der Waals surface area contributed by atoms with Gasteiger partial charge in [-0.15, -0.1) is 0 Å². The van der Waals surface area contributed by atoms with E-state index in [9.17, 15) is 10.1 Å². The lowest BCUT2D eigenvalue weighted by atomic mass is 10.3. The third kappa shape index (κ3) is 4.88. The van der Waals surface area contributed by atoms with E-state index in [0.29, 0.717) is 19.7 Å². The summed E-state index contributed by atoms with van der Waals surface area (Å²) in [5.41, 5.74) is -0.161. The van der Waals surface area contributed by atoms with Crippen LogP contribution in [0.15, 0.2) is 25.0 Å². The van der Waals surface area contributed by atoms with Gasteiger partial charge in [0.1, 0.15) is 6.33 Å². The number of rotatable bonds is 10. The second-order valence-corrected chi connectivity index (χ2v) is 4.68. The molecule has 0 spiro atoms. The Morgan fingerprint density at radius 3 is 2.65 bits per heavy atom. The van der Waals surface area contributed by atoms with Gasteiger partial charge >= 0.3 is 5.69 Å². The van der Waals surface area contributed by atoms with Gasteiger partial charge in [0, 0.05) is 39.1 Å². The molecule has 23 heavy (non-hydrogen) atoms. The maximum Gasteiger partial charge on any atom is 0.353 e. The third-order valence-electron chi connectivity index (χ3n) is 3.05. The van der Waals surface area contributed by atoms with Crippen LogP contribution in [0.4, 0.5) is 17.3 Å². The largest absolute Gasteiger partial charge is 0.383 e. The molecule has 2 N–H and O–H groups in total. The molecule has 2 heterocycles. The normalized spacial score (nSPS) is 10.5. The molecule has 0 fully saturated rings. The molecule has 2 aromatic rings. The monoisotopic (exact) mass is 321 g/mol. The standard InChI is InChI=1S/C13H19N7O3/c1-23-8-5-16-13-11(20(21)22)12(17-9-18-13)15-3-2-6-19-7-4-14-10-19/h4,7,9-10H,2-3,5-6,8H2,1H3,(H2,15,16,17,18). The molecule has 0 saturated heterocycles. The molecule has 0 unspecified atom stereocenters. The van der Waals surface area contributed by atoms with Crippen molar-refractivity contribution >= 4 is 17.3 Å². The van der Waals surface area contributed by atoms with Gasteiger partial charge in [0.25, 0.3) is 0 Å². The SMILES string of the molecule is COCCNc1ncnc(NCCCn2ccnc2)c1[N+](=O)[O-]. The average molecular weight is 321 g/mol. The average Bonchev–Trinajstić information content (AvgIpc) is 3.05. The summed E-state index contributed by atoms with van der Waals surface area (Å²) in [5, 5.41) is 17.2. The van der Waals surface area contributed by atoms with E-state index in [4.69, 9.17) is 4.74 Å². The van der Waals surface area contributed by atoms with Gasteiger partial charge in [-0.2, -0.15) is 0 Å². The minimum Gasteiger partial charge on any atom is -0.383 e. The molecule has 0 aliphatic carbocycles. The Kier molecular flexibility index (Phi) is 6.24. The van der Waals surface area contributed by atoms with E-state index >= 15 is 0 Å². The highest BCUT2D eigenvalue weighted by Crippen LogP contribution is 2.28. The Morgan fingerprint density at radius 1 is 1.30 bits per heavy atom. The molecule has 2 aromatic heterocycles. The second kappa shape index (κ2) is 8.63. The Morgan fingerprint density at radius 2 is 2.04 bits per heavy atom. The zero-order valence-corrected chi connectivity index (χ0v) is 12.8. The Hall–Kier alpha value is -2.75. The van der Waals surface area contributed by atoms with Gasteiger partial charge in [-0.3, -0.25) is 10.1 Å². The third-order valence-corrected chi connectivity index (χ3v) is 3.05. The molecular formula is C13H19N7O3. The summed E-state index contributed by atoms with van der Waals surface area (Å²) in [6.07, 6.45) is 7.38. The van der Waals surface area contributed by atoms with Crippen molar-refractivity contribution in [2.24, 2.45) is 0 Å². The van der Waals surface area contributed by atoms with Crippen LogP contribution in [0.3, 0.4) is 0 Å². The predicted octanol–water partition coefficient (Wildman–Crippen LogP) is 1.14. The molecule has 10 heteroatoms. The van der Waals surface area contributed by atoms with Crippen LogP contribution < -0.4 is 10.6 Å². The van der Waals surface area contributed by atoms with Crippen molar-refractivity contribution in [3.8, 4) is 0 Å². The zero-order valence-electron chi connectivity index (χ0n) is 12.8. The van der Waals surface area contributed by atoms with Crippen LogP contribution in [0, 0.1) is 10.1 Å². The first-order chi connectivity index (χ1) is 11.2. The summed E-state index contributed by atoms with van der Waals surface area (Å²) in [6.45, 7) is 2.17. The second-order valence-electron chi connectivity index (χ2n) is 4.68. The number of anilines is 2.